The third-order valence-corrected chi connectivity index (χ3v) is 5.94. The van der Waals surface area contributed by atoms with Gasteiger partial charge >= 0.3 is 0 Å². The normalized spacial score (nSPS) is 22.4. The van der Waals surface area contributed by atoms with E-state index in [2.05, 4.69) is 15.4 Å². The van der Waals surface area contributed by atoms with E-state index in [9.17, 15) is 9.18 Å². The van der Waals surface area contributed by atoms with Crippen molar-refractivity contribution in [2.45, 2.75) is 24.4 Å². The number of fused-ring (bicyclic) bond motifs is 5. The van der Waals surface area contributed by atoms with Crippen molar-refractivity contribution >= 4 is 17.4 Å². The first kappa shape index (κ1) is 17.6. The fourth-order valence-electron chi connectivity index (χ4n) is 4.09. The van der Waals surface area contributed by atoms with Gasteiger partial charge in [-0.25, -0.2) is 18.9 Å². The number of anilines is 1. The van der Waals surface area contributed by atoms with Gasteiger partial charge in [-0.2, -0.15) is 5.10 Å². The van der Waals surface area contributed by atoms with Gasteiger partial charge in [0.05, 0.1) is 37.2 Å². The maximum absolute atomic E-state index is 14.1. The average Bonchev–Trinajstić information content (AvgIpc) is 3.38. The molecule has 0 radical (unpaired) electrons. The Hall–Kier alpha value is -3.27. The Morgan fingerprint density at radius 1 is 1.30 bits per heavy atom. The number of aromatic nitrogens is 4. The van der Waals surface area contributed by atoms with E-state index in [1.807, 2.05) is 11.0 Å². The molecule has 2 bridgehead atoms. The molecule has 1 saturated heterocycles. The van der Waals surface area contributed by atoms with E-state index >= 15 is 0 Å². The number of carbonyl (C=O) groups is 1. The van der Waals surface area contributed by atoms with Crippen LogP contribution in [-0.2, 0) is 4.74 Å². The zero-order chi connectivity index (χ0) is 20.3. The first-order valence-corrected chi connectivity index (χ1v) is 9.91. The summed E-state index contributed by atoms with van der Waals surface area (Å²) in [7, 11) is 0. The van der Waals surface area contributed by atoms with Crippen LogP contribution < -0.4 is 15.0 Å². The van der Waals surface area contributed by atoms with Crippen LogP contribution in [0.15, 0.2) is 30.7 Å². The van der Waals surface area contributed by atoms with E-state index in [1.54, 1.807) is 10.7 Å². The Kier molecular flexibility index (Phi) is 3.73. The molecule has 1 aliphatic carbocycles. The van der Waals surface area contributed by atoms with Gasteiger partial charge < -0.3 is 19.7 Å². The summed E-state index contributed by atoms with van der Waals surface area (Å²) in [5.41, 5.74) is 1.02. The predicted molar refractivity (Wildman–Crippen MR) is 103 cm³/mol. The smallest absolute Gasteiger partial charge is 0.257 e. The molecule has 2 fully saturated rings. The van der Waals surface area contributed by atoms with Gasteiger partial charge in [-0.05, 0) is 25.0 Å². The van der Waals surface area contributed by atoms with Gasteiger partial charge in [0.25, 0.3) is 5.91 Å². The summed E-state index contributed by atoms with van der Waals surface area (Å²) in [6.45, 7) is 1.68. The molecule has 3 aromatic rings. The molecule has 154 valence electrons. The molecule has 1 N–H and O–H groups in total. The molecule has 5 heterocycles. The summed E-state index contributed by atoms with van der Waals surface area (Å²) < 4.78 is 27.5. The van der Waals surface area contributed by atoms with Gasteiger partial charge in [-0.1, -0.05) is 0 Å². The SMILES string of the molecule is O=C1NC2(CC2)COc2ncc(F)cc2[C@@H]2COCCN2c2ccn3ncc1c3n2. The Morgan fingerprint density at radius 2 is 2.20 bits per heavy atom. The lowest BCUT2D eigenvalue weighted by atomic mass is 10.1. The zero-order valence-electron chi connectivity index (χ0n) is 16.0. The van der Waals surface area contributed by atoms with Gasteiger partial charge in [0.1, 0.15) is 23.8 Å². The lowest BCUT2D eigenvalue weighted by Gasteiger charge is -2.37. The van der Waals surface area contributed by atoms with Crippen LogP contribution in [0.4, 0.5) is 10.2 Å². The number of amides is 1. The highest BCUT2D eigenvalue weighted by molar-refractivity contribution is 6.00. The highest BCUT2D eigenvalue weighted by atomic mass is 19.1. The number of ether oxygens (including phenoxy) is 2. The zero-order valence-corrected chi connectivity index (χ0v) is 16.0. The van der Waals surface area contributed by atoms with Gasteiger partial charge in [0, 0.05) is 18.3 Å². The number of rotatable bonds is 0. The van der Waals surface area contributed by atoms with E-state index in [4.69, 9.17) is 14.5 Å². The summed E-state index contributed by atoms with van der Waals surface area (Å²) in [4.78, 5) is 23.9. The Bertz CT molecular complexity index is 1160. The summed E-state index contributed by atoms with van der Waals surface area (Å²) >= 11 is 0. The first-order valence-electron chi connectivity index (χ1n) is 9.91. The molecule has 0 aromatic carbocycles. The van der Waals surface area contributed by atoms with Gasteiger partial charge in [-0.3, -0.25) is 4.79 Å². The second-order valence-electron chi connectivity index (χ2n) is 7.97. The fourth-order valence-corrected chi connectivity index (χ4v) is 4.09. The molecule has 10 heteroatoms. The predicted octanol–water partition coefficient (Wildman–Crippen LogP) is 1.50. The van der Waals surface area contributed by atoms with E-state index in [1.165, 1.54) is 12.3 Å². The van der Waals surface area contributed by atoms with Crippen molar-refractivity contribution in [2.75, 3.05) is 31.3 Å². The number of hydrogen-bond acceptors (Lipinski definition) is 7. The van der Waals surface area contributed by atoms with Crippen molar-refractivity contribution in [2.24, 2.45) is 0 Å². The molecule has 6 rings (SSSR count). The lowest BCUT2D eigenvalue weighted by molar-refractivity contribution is 0.0901. The molecule has 1 atom stereocenters. The van der Waals surface area contributed by atoms with Gasteiger partial charge in [0.15, 0.2) is 5.65 Å². The Balaban J connectivity index is 1.54. The monoisotopic (exact) mass is 410 g/mol. The van der Waals surface area contributed by atoms with Gasteiger partial charge in [0.2, 0.25) is 5.88 Å². The Labute approximate surface area is 170 Å². The topological polar surface area (TPSA) is 93.9 Å². The summed E-state index contributed by atoms with van der Waals surface area (Å²) in [6.07, 6.45) is 6.04. The third kappa shape index (κ3) is 2.78. The summed E-state index contributed by atoms with van der Waals surface area (Å²) in [6, 6.07) is 2.95. The minimum Gasteiger partial charge on any atom is -0.475 e. The fraction of sp³-hybridized carbons (Fsp3) is 0.400. The van der Waals surface area contributed by atoms with Crippen molar-refractivity contribution in [1.29, 1.82) is 0 Å². The highest BCUT2D eigenvalue weighted by Crippen LogP contribution is 2.39. The largest absolute Gasteiger partial charge is 0.475 e. The minimum atomic E-state index is -0.465. The number of hydrogen-bond donors (Lipinski definition) is 1. The quantitative estimate of drug-likeness (QED) is 0.600. The minimum absolute atomic E-state index is 0.235. The van der Waals surface area contributed by atoms with E-state index in [-0.39, 0.29) is 18.6 Å². The highest BCUT2D eigenvalue weighted by Gasteiger charge is 2.46. The van der Waals surface area contributed by atoms with E-state index < -0.39 is 11.4 Å². The molecule has 1 spiro atoms. The van der Waals surface area contributed by atoms with Crippen LogP contribution in [0.1, 0.15) is 34.8 Å². The molecular weight excluding hydrogens is 391 g/mol. The van der Waals surface area contributed by atoms with Crippen molar-refractivity contribution < 1.29 is 18.7 Å². The number of pyridine rings is 1. The molecule has 1 amide bonds. The lowest BCUT2D eigenvalue weighted by Crippen LogP contribution is -2.42. The van der Waals surface area contributed by atoms with E-state index in [0.717, 1.165) is 19.0 Å². The van der Waals surface area contributed by atoms with Crippen LogP contribution >= 0.6 is 0 Å². The van der Waals surface area contributed by atoms with Gasteiger partial charge in [-0.15, -0.1) is 0 Å². The number of nitrogens with zero attached hydrogens (tertiary/aromatic N) is 5. The summed E-state index contributed by atoms with van der Waals surface area (Å²) in [5, 5.41) is 7.33. The molecule has 1 saturated carbocycles. The van der Waals surface area contributed by atoms with Crippen LogP contribution in [0.2, 0.25) is 0 Å². The molecule has 30 heavy (non-hydrogen) atoms. The molecule has 0 unspecified atom stereocenters. The molecule has 3 aliphatic rings. The average molecular weight is 410 g/mol. The van der Waals surface area contributed by atoms with Crippen LogP contribution in [0.25, 0.3) is 5.65 Å². The molecule has 2 aliphatic heterocycles. The number of morpholine rings is 1. The maximum Gasteiger partial charge on any atom is 0.257 e. The Morgan fingerprint density at radius 3 is 3.07 bits per heavy atom. The van der Waals surface area contributed by atoms with Crippen molar-refractivity contribution in [1.82, 2.24) is 24.9 Å². The number of nitrogens with one attached hydrogen (secondary N) is 1. The first-order chi connectivity index (χ1) is 14.6. The van der Waals surface area contributed by atoms with Crippen LogP contribution in [0.5, 0.6) is 5.88 Å². The third-order valence-electron chi connectivity index (χ3n) is 5.94. The molecular formula is C20H19FN6O3. The molecule has 9 nitrogen and oxygen atoms in total. The van der Waals surface area contributed by atoms with E-state index in [0.29, 0.717) is 48.2 Å². The number of carbonyl (C=O) groups excluding carboxylic acids is 1. The van der Waals surface area contributed by atoms with Crippen molar-refractivity contribution in [3.63, 3.8) is 0 Å². The summed E-state index contributed by atoms with van der Waals surface area (Å²) in [5.74, 6) is 0.325. The second-order valence-corrected chi connectivity index (χ2v) is 7.97. The molecule has 3 aromatic heterocycles. The van der Waals surface area contributed by atoms with Crippen LogP contribution in [-0.4, -0.2) is 57.4 Å². The number of halogens is 1. The van der Waals surface area contributed by atoms with Crippen molar-refractivity contribution in [3.8, 4) is 5.88 Å². The van der Waals surface area contributed by atoms with Crippen LogP contribution in [0.3, 0.4) is 0 Å². The van der Waals surface area contributed by atoms with Crippen molar-refractivity contribution in [3.05, 3.63) is 47.7 Å². The standard InChI is InChI=1S/C20H19FN6O3/c21-12-7-13-15-10-29-6-5-26(15)16-1-4-27-17(24-16)14(9-23-27)18(28)25-20(2-3-20)11-30-19(13)22-8-12/h1,4,7-9,15H,2-3,5-6,10-11H2,(H,25,28)/t15-/m0/s1. The second kappa shape index (κ2) is 6.36. The maximum atomic E-state index is 14.1. The van der Waals surface area contributed by atoms with Crippen LogP contribution in [0, 0.1) is 5.82 Å².